The van der Waals surface area contributed by atoms with E-state index in [1.54, 1.807) is 0 Å². The summed E-state index contributed by atoms with van der Waals surface area (Å²) in [6, 6.07) is 7.84. The molecule has 0 radical (unpaired) electrons. The number of nitrogens with two attached hydrogens (primary N) is 1. The number of benzene rings is 1. The molecule has 0 atom stereocenters. The summed E-state index contributed by atoms with van der Waals surface area (Å²) in [5.41, 5.74) is 7.75. The quantitative estimate of drug-likeness (QED) is 0.699. The van der Waals surface area contributed by atoms with Crippen LogP contribution in [0.25, 0.3) is 0 Å². The Morgan fingerprint density at radius 2 is 1.86 bits per heavy atom. The fourth-order valence-electron chi connectivity index (χ4n) is 1.65. The predicted octanol–water partition coefficient (Wildman–Crippen LogP) is 0.837. The van der Waals surface area contributed by atoms with Crippen molar-refractivity contribution < 1.29 is 4.21 Å². The van der Waals surface area contributed by atoms with E-state index in [0.717, 1.165) is 36.0 Å². The molecule has 1 fully saturated rings. The molecule has 14 heavy (non-hydrogen) atoms. The number of nitrogens with zero attached hydrogens (tertiary/aromatic N) is 1. The first-order valence-electron chi connectivity index (χ1n) is 4.72. The van der Waals surface area contributed by atoms with Gasteiger partial charge in [-0.05, 0) is 12.1 Å². The lowest BCUT2D eigenvalue weighted by Gasteiger charge is -2.29. The molecular weight excluding hydrogens is 196 g/mol. The van der Waals surface area contributed by atoms with E-state index in [9.17, 15) is 4.21 Å². The van der Waals surface area contributed by atoms with Crippen molar-refractivity contribution in [2.75, 3.05) is 35.2 Å². The van der Waals surface area contributed by atoms with Crippen LogP contribution in [0.5, 0.6) is 0 Å². The Hall–Kier alpha value is -1.03. The highest BCUT2D eigenvalue weighted by Crippen LogP contribution is 2.23. The molecule has 3 nitrogen and oxygen atoms in total. The second-order valence-corrected chi connectivity index (χ2v) is 5.09. The second-order valence-electron chi connectivity index (χ2n) is 3.39. The van der Waals surface area contributed by atoms with Crippen LogP contribution in [0.3, 0.4) is 0 Å². The Kier molecular flexibility index (Phi) is 2.72. The van der Waals surface area contributed by atoms with E-state index in [1.807, 2.05) is 24.3 Å². The Bertz CT molecular complexity index is 344. The Labute approximate surface area is 86.4 Å². The number of hydrogen-bond donors (Lipinski definition) is 1. The highest BCUT2D eigenvalue weighted by atomic mass is 32.2. The minimum Gasteiger partial charge on any atom is -0.397 e. The van der Waals surface area contributed by atoms with E-state index in [2.05, 4.69) is 4.90 Å². The topological polar surface area (TPSA) is 46.3 Å². The zero-order valence-electron chi connectivity index (χ0n) is 7.98. The highest BCUT2D eigenvalue weighted by Gasteiger charge is 2.16. The summed E-state index contributed by atoms with van der Waals surface area (Å²) in [5, 5.41) is 0. The van der Waals surface area contributed by atoms with Gasteiger partial charge < -0.3 is 10.6 Å². The van der Waals surface area contributed by atoms with Gasteiger partial charge in [0.1, 0.15) is 0 Å². The zero-order valence-corrected chi connectivity index (χ0v) is 8.80. The van der Waals surface area contributed by atoms with Crippen molar-refractivity contribution in [2.45, 2.75) is 0 Å². The maximum Gasteiger partial charge on any atom is 0.0600 e. The fraction of sp³-hybridized carbons (Fsp3) is 0.400. The summed E-state index contributed by atoms with van der Waals surface area (Å²) in [6.07, 6.45) is 0. The minimum absolute atomic E-state index is 0.624. The molecule has 1 aromatic carbocycles. The fourth-order valence-corrected chi connectivity index (χ4v) is 2.71. The predicted molar refractivity (Wildman–Crippen MR) is 60.9 cm³/mol. The first-order valence-corrected chi connectivity index (χ1v) is 6.20. The van der Waals surface area contributed by atoms with E-state index < -0.39 is 10.8 Å². The molecule has 0 aromatic heterocycles. The van der Waals surface area contributed by atoms with Gasteiger partial charge in [-0.15, -0.1) is 0 Å². The lowest BCUT2D eigenvalue weighted by Crippen LogP contribution is -2.38. The Morgan fingerprint density at radius 1 is 1.21 bits per heavy atom. The van der Waals surface area contributed by atoms with E-state index in [1.165, 1.54) is 0 Å². The van der Waals surface area contributed by atoms with Crippen molar-refractivity contribution in [3.63, 3.8) is 0 Å². The van der Waals surface area contributed by atoms with Crippen LogP contribution in [-0.2, 0) is 10.8 Å². The standard InChI is InChI=1S/C10H14N2OS/c11-9-3-1-2-4-10(9)12-5-7-14(13)8-6-12/h1-4H,5-8,11H2. The van der Waals surface area contributed by atoms with Crippen LogP contribution in [0.4, 0.5) is 11.4 Å². The second kappa shape index (κ2) is 4.00. The zero-order chi connectivity index (χ0) is 9.97. The maximum absolute atomic E-state index is 11.2. The summed E-state index contributed by atoms with van der Waals surface area (Å²) in [5.74, 6) is 1.52. The van der Waals surface area contributed by atoms with Crippen LogP contribution in [0.15, 0.2) is 24.3 Å². The van der Waals surface area contributed by atoms with E-state index >= 15 is 0 Å². The van der Waals surface area contributed by atoms with Gasteiger partial charge in [0.05, 0.1) is 11.4 Å². The molecule has 1 aliphatic rings. The Morgan fingerprint density at radius 3 is 2.50 bits per heavy atom. The summed E-state index contributed by atoms with van der Waals surface area (Å²) >= 11 is 0. The van der Waals surface area contributed by atoms with Crippen LogP contribution in [-0.4, -0.2) is 28.8 Å². The van der Waals surface area contributed by atoms with Crippen LogP contribution >= 0.6 is 0 Å². The van der Waals surface area contributed by atoms with Crippen molar-refractivity contribution in [3.8, 4) is 0 Å². The minimum atomic E-state index is -0.624. The third-order valence-electron chi connectivity index (χ3n) is 2.46. The molecule has 0 amide bonds. The summed E-state index contributed by atoms with van der Waals surface area (Å²) in [7, 11) is -0.624. The van der Waals surface area contributed by atoms with Crippen molar-refractivity contribution in [1.82, 2.24) is 0 Å². The maximum atomic E-state index is 11.2. The molecule has 1 heterocycles. The normalized spacial score (nSPS) is 18.4. The number of nitrogen functional groups attached to an aromatic ring is 1. The first kappa shape index (κ1) is 9.52. The molecule has 0 spiro atoms. The highest BCUT2D eigenvalue weighted by molar-refractivity contribution is 7.85. The third-order valence-corrected chi connectivity index (χ3v) is 3.73. The van der Waals surface area contributed by atoms with Crippen molar-refractivity contribution >= 4 is 22.2 Å². The monoisotopic (exact) mass is 210 g/mol. The number of rotatable bonds is 1. The number of hydrogen-bond acceptors (Lipinski definition) is 3. The molecule has 1 aliphatic heterocycles. The SMILES string of the molecule is Nc1ccccc1N1CCS(=O)CC1. The van der Waals surface area contributed by atoms with Gasteiger partial charge in [0.15, 0.2) is 0 Å². The van der Waals surface area contributed by atoms with Gasteiger partial charge >= 0.3 is 0 Å². The number of para-hydroxylation sites is 2. The molecule has 2 rings (SSSR count). The first-order chi connectivity index (χ1) is 6.77. The van der Waals surface area contributed by atoms with E-state index in [-0.39, 0.29) is 0 Å². The average molecular weight is 210 g/mol. The number of anilines is 2. The van der Waals surface area contributed by atoms with Crippen molar-refractivity contribution in [2.24, 2.45) is 0 Å². The average Bonchev–Trinajstić information content (AvgIpc) is 2.20. The molecular formula is C10H14N2OS. The summed E-state index contributed by atoms with van der Waals surface area (Å²) < 4.78 is 11.2. The molecule has 76 valence electrons. The van der Waals surface area contributed by atoms with Gasteiger partial charge in [-0.3, -0.25) is 4.21 Å². The molecule has 0 aliphatic carbocycles. The van der Waals surface area contributed by atoms with Gasteiger partial charge in [0, 0.05) is 35.4 Å². The van der Waals surface area contributed by atoms with E-state index in [0.29, 0.717) is 0 Å². The van der Waals surface area contributed by atoms with Gasteiger partial charge in [0.25, 0.3) is 0 Å². The van der Waals surface area contributed by atoms with Crippen molar-refractivity contribution in [1.29, 1.82) is 0 Å². The summed E-state index contributed by atoms with van der Waals surface area (Å²) in [6.45, 7) is 1.70. The Balaban J connectivity index is 2.16. The van der Waals surface area contributed by atoms with Gasteiger partial charge in [-0.2, -0.15) is 0 Å². The van der Waals surface area contributed by atoms with Gasteiger partial charge in [-0.1, -0.05) is 12.1 Å². The third kappa shape index (κ3) is 1.90. The lowest BCUT2D eigenvalue weighted by molar-refractivity contribution is 0.673. The van der Waals surface area contributed by atoms with Gasteiger partial charge in [0.2, 0.25) is 0 Å². The van der Waals surface area contributed by atoms with E-state index in [4.69, 9.17) is 5.73 Å². The lowest BCUT2D eigenvalue weighted by atomic mass is 10.2. The molecule has 2 N–H and O–H groups in total. The van der Waals surface area contributed by atoms with Crippen LogP contribution in [0.1, 0.15) is 0 Å². The molecule has 0 bridgehead atoms. The molecule has 0 saturated carbocycles. The summed E-state index contributed by atoms with van der Waals surface area (Å²) in [4.78, 5) is 2.21. The largest absolute Gasteiger partial charge is 0.397 e. The molecule has 4 heteroatoms. The van der Waals surface area contributed by atoms with Crippen LogP contribution < -0.4 is 10.6 Å². The molecule has 0 unspecified atom stereocenters. The molecule has 1 aromatic rings. The van der Waals surface area contributed by atoms with Crippen molar-refractivity contribution in [3.05, 3.63) is 24.3 Å². The van der Waals surface area contributed by atoms with Gasteiger partial charge in [-0.25, -0.2) is 0 Å². The molecule has 1 saturated heterocycles. The van der Waals surface area contributed by atoms with Crippen LogP contribution in [0, 0.1) is 0 Å². The van der Waals surface area contributed by atoms with Crippen LogP contribution in [0.2, 0.25) is 0 Å². The smallest absolute Gasteiger partial charge is 0.0600 e.